The summed E-state index contributed by atoms with van der Waals surface area (Å²) in [4.78, 5) is 12.4. The quantitative estimate of drug-likeness (QED) is 0.874. The SMILES string of the molecule is CCC(C(=O)NCC1(O)CCC(C)CC1)c1ccccc1. The number of amides is 1. The maximum Gasteiger partial charge on any atom is 0.227 e. The van der Waals surface area contributed by atoms with Gasteiger partial charge in [-0.3, -0.25) is 4.79 Å². The summed E-state index contributed by atoms with van der Waals surface area (Å²) in [6, 6.07) is 9.86. The second-order valence-electron chi connectivity index (χ2n) is 6.50. The molecule has 0 saturated heterocycles. The fraction of sp³-hybridized carbons (Fsp3) is 0.611. The number of rotatable bonds is 5. The van der Waals surface area contributed by atoms with Gasteiger partial charge in [0.25, 0.3) is 0 Å². The van der Waals surface area contributed by atoms with Crippen LogP contribution < -0.4 is 5.32 Å². The highest BCUT2D eigenvalue weighted by molar-refractivity contribution is 5.83. The van der Waals surface area contributed by atoms with Gasteiger partial charge in [-0.25, -0.2) is 0 Å². The molecule has 2 N–H and O–H groups in total. The molecule has 3 nitrogen and oxygen atoms in total. The molecule has 1 atom stereocenters. The van der Waals surface area contributed by atoms with Crippen molar-refractivity contribution in [2.24, 2.45) is 5.92 Å². The van der Waals surface area contributed by atoms with Crippen LogP contribution in [0.25, 0.3) is 0 Å². The first-order valence-corrected chi connectivity index (χ1v) is 8.09. The molecule has 116 valence electrons. The first kappa shape index (κ1) is 16.0. The van der Waals surface area contributed by atoms with Crippen molar-refractivity contribution < 1.29 is 9.90 Å². The van der Waals surface area contributed by atoms with Gasteiger partial charge in [-0.15, -0.1) is 0 Å². The van der Waals surface area contributed by atoms with E-state index in [1.165, 1.54) is 0 Å². The number of benzene rings is 1. The van der Waals surface area contributed by atoms with E-state index >= 15 is 0 Å². The zero-order chi connectivity index (χ0) is 15.3. The summed E-state index contributed by atoms with van der Waals surface area (Å²) in [5.41, 5.74) is 0.332. The van der Waals surface area contributed by atoms with Gasteiger partial charge in [0, 0.05) is 6.54 Å². The van der Waals surface area contributed by atoms with Gasteiger partial charge in [0.1, 0.15) is 0 Å². The van der Waals surface area contributed by atoms with Crippen LogP contribution in [-0.2, 0) is 4.79 Å². The molecule has 0 radical (unpaired) electrons. The number of hydrogen-bond donors (Lipinski definition) is 2. The van der Waals surface area contributed by atoms with Crippen molar-refractivity contribution in [1.29, 1.82) is 0 Å². The Kier molecular flexibility index (Phi) is 5.40. The zero-order valence-electron chi connectivity index (χ0n) is 13.1. The first-order valence-electron chi connectivity index (χ1n) is 8.09. The third-order valence-corrected chi connectivity index (χ3v) is 4.72. The van der Waals surface area contributed by atoms with E-state index in [1.54, 1.807) is 0 Å². The predicted octanol–water partition coefficient (Wildman–Crippen LogP) is 3.24. The van der Waals surface area contributed by atoms with Crippen LogP contribution in [-0.4, -0.2) is 23.2 Å². The Morgan fingerprint density at radius 2 is 1.95 bits per heavy atom. The van der Waals surface area contributed by atoms with Gasteiger partial charge < -0.3 is 10.4 Å². The molecule has 1 amide bonds. The lowest BCUT2D eigenvalue weighted by atomic mass is 9.79. The molecular weight excluding hydrogens is 262 g/mol. The van der Waals surface area contributed by atoms with E-state index < -0.39 is 5.60 Å². The van der Waals surface area contributed by atoms with Crippen LogP contribution in [0.4, 0.5) is 0 Å². The van der Waals surface area contributed by atoms with Crippen LogP contribution in [0.2, 0.25) is 0 Å². The van der Waals surface area contributed by atoms with Crippen molar-refractivity contribution in [2.45, 2.75) is 57.5 Å². The standard InChI is InChI=1S/C18H27NO2/c1-3-16(15-7-5-4-6-8-15)17(20)19-13-18(21)11-9-14(2)10-12-18/h4-8,14,16,21H,3,9-13H2,1-2H3,(H,19,20). The van der Waals surface area contributed by atoms with Gasteiger partial charge in [0.15, 0.2) is 0 Å². The Hall–Kier alpha value is -1.35. The largest absolute Gasteiger partial charge is 0.388 e. The molecule has 1 aliphatic rings. The predicted molar refractivity (Wildman–Crippen MR) is 85.1 cm³/mol. The lowest BCUT2D eigenvalue weighted by molar-refractivity contribution is -0.124. The van der Waals surface area contributed by atoms with Crippen LogP contribution >= 0.6 is 0 Å². The Morgan fingerprint density at radius 3 is 2.52 bits per heavy atom. The van der Waals surface area contributed by atoms with Gasteiger partial charge in [0.05, 0.1) is 11.5 Å². The monoisotopic (exact) mass is 289 g/mol. The summed E-state index contributed by atoms with van der Waals surface area (Å²) in [7, 11) is 0. The molecular formula is C18H27NO2. The summed E-state index contributed by atoms with van der Waals surface area (Å²) < 4.78 is 0. The summed E-state index contributed by atoms with van der Waals surface area (Å²) in [5, 5.41) is 13.5. The topological polar surface area (TPSA) is 49.3 Å². The van der Waals surface area contributed by atoms with Crippen molar-refractivity contribution in [3.8, 4) is 0 Å². The zero-order valence-corrected chi connectivity index (χ0v) is 13.1. The maximum atomic E-state index is 12.4. The average Bonchev–Trinajstić information content (AvgIpc) is 2.51. The van der Waals surface area contributed by atoms with Crippen LogP contribution in [0.1, 0.15) is 57.4 Å². The van der Waals surface area contributed by atoms with Gasteiger partial charge in [-0.1, -0.05) is 44.2 Å². The summed E-state index contributed by atoms with van der Waals surface area (Å²) in [6.45, 7) is 4.62. The number of hydrogen-bond acceptors (Lipinski definition) is 2. The first-order chi connectivity index (χ1) is 10.0. The molecule has 3 heteroatoms. The van der Waals surface area contributed by atoms with Gasteiger partial charge in [0.2, 0.25) is 5.91 Å². The second-order valence-corrected chi connectivity index (χ2v) is 6.50. The number of aliphatic hydroxyl groups is 1. The van der Waals surface area contributed by atoms with Crippen LogP contribution in [0.5, 0.6) is 0 Å². The number of nitrogens with one attached hydrogen (secondary N) is 1. The van der Waals surface area contributed by atoms with Gasteiger partial charge in [-0.05, 0) is 43.6 Å². The third kappa shape index (κ3) is 4.31. The Morgan fingerprint density at radius 1 is 1.33 bits per heavy atom. The minimum atomic E-state index is -0.711. The van der Waals surface area contributed by atoms with Crippen LogP contribution in [0.3, 0.4) is 0 Å². The minimum absolute atomic E-state index is 0.0238. The number of carbonyl (C=O) groups is 1. The van der Waals surface area contributed by atoms with E-state index in [-0.39, 0.29) is 11.8 Å². The van der Waals surface area contributed by atoms with Crippen LogP contribution in [0, 0.1) is 5.92 Å². The molecule has 1 fully saturated rings. The fourth-order valence-corrected chi connectivity index (χ4v) is 3.11. The van der Waals surface area contributed by atoms with E-state index in [9.17, 15) is 9.90 Å². The molecule has 2 rings (SSSR count). The highest BCUT2D eigenvalue weighted by Crippen LogP contribution is 2.31. The van der Waals surface area contributed by atoms with Crippen molar-refractivity contribution >= 4 is 5.91 Å². The van der Waals surface area contributed by atoms with E-state index in [2.05, 4.69) is 12.2 Å². The summed E-state index contributed by atoms with van der Waals surface area (Å²) >= 11 is 0. The highest BCUT2D eigenvalue weighted by Gasteiger charge is 2.32. The Bertz CT molecular complexity index is 450. The normalized spacial score (nSPS) is 27.1. The molecule has 1 aromatic rings. The molecule has 21 heavy (non-hydrogen) atoms. The van der Waals surface area contributed by atoms with E-state index in [1.807, 2.05) is 37.3 Å². The van der Waals surface area contributed by atoms with E-state index in [4.69, 9.17) is 0 Å². The molecule has 0 aliphatic heterocycles. The molecule has 0 spiro atoms. The Balaban J connectivity index is 1.91. The van der Waals surface area contributed by atoms with Gasteiger partial charge >= 0.3 is 0 Å². The Labute approximate surface area is 127 Å². The smallest absolute Gasteiger partial charge is 0.227 e. The van der Waals surface area contributed by atoms with Crippen molar-refractivity contribution in [3.63, 3.8) is 0 Å². The molecule has 1 saturated carbocycles. The van der Waals surface area contributed by atoms with E-state index in [0.717, 1.165) is 37.7 Å². The maximum absolute atomic E-state index is 12.4. The van der Waals surface area contributed by atoms with Crippen molar-refractivity contribution in [3.05, 3.63) is 35.9 Å². The van der Waals surface area contributed by atoms with E-state index in [0.29, 0.717) is 12.5 Å². The molecule has 0 heterocycles. The lowest BCUT2D eigenvalue weighted by Gasteiger charge is -2.35. The fourth-order valence-electron chi connectivity index (χ4n) is 3.11. The third-order valence-electron chi connectivity index (χ3n) is 4.72. The lowest BCUT2D eigenvalue weighted by Crippen LogP contribution is -2.46. The molecule has 1 unspecified atom stereocenters. The minimum Gasteiger partial charge on any atom is -0.388 e. The van der Waals surface area contributed by atoms with Crippen molar-refractivity contribution in [1.82, 2.24) is 5.32 Å². The number of carbonyl (C=O) groups excluding carboxylic acids is 1. The average molecular weight is 289 g/mol. The second kappa shape index (κ2) is 7.08. The molecule has 1 aliphatic carbocycles. The summed E-state index contributed by atoms with van der Waals surface area (Å²) in [6.07, 6.45) is 4.43. The molecule has 0 aromatic heterocycles. The highest BCUT2D eigenvalue weighted by atomic mass is 16.3. The van der Waals surface area contributed by atoms with Crippen molar-refractivity contribution in [2.75, 3.05) is 6.54 Å². The molecule has 0 bridgehead atoms. The van der Waals surface area contributed by atoms with Crippen LogP contribution in [0.15, 0.2) is 30.3 Å². The van der Waals surface area contributed by atoms with Gasteiger partial charge in [-0.2, -0.15) is 0 Å². The molecule has 1 aromatic carbocycles. The summed E-state index contributed by atoms with van der Waals surface area (Å²) in [5.74, 6) is 0.585.